The van der Waals surface area contributed by atoms with Crippen molar-refractivity contribution in [3.8, 4) is 0 Å². The summed E-state index contributed by atoms with van der Waals surface area (Å²) >= 11 is 2.29. The molecule has 284 valence electrons. The third-order valence-electron chi connectivity index (χ3n) is 8.58. The first-order valence-electron chi connectivity index (χ1n) is 17.8. The van der Waals surface area contributed by atoms with Crippen LogP contribution in [0.15, 0.2) is 126 Å². The summed E-state index contributed by atoms with van der Waals surface area (Å²) < 4.78 is 5.29. The van der Waals surface area contributed by atoms with E-state index in [0.717, 1.165) is 27.8 Å². The summed E-state index contributed by atoms with van der Waals surface area (Å²) in [5.74, 6) is -2.41. The van der Waals surface area contributed by atoms with Gasteiger partial charge in [-0.2, -0.15) is 0 Å². The number of amides is 4. The quantitative estimate of drug-likeness (QED) is 0.0419. The zero-order chi connectivity index (χ0) is 39.6. The minimum Gasteiger partial charge on any atom is -0.462 e. The highest BCUT2D eigenvalue weighted by molar-refractivity contribution is 8.00. The van der Waals surface area contributed by atoms with Gasteiger partial charge in [0.2, 0.25) is 5.91 Å². The average molecular weight is 786 g/mol. The maximum Gasteiger partial charge on any atom is 0.341 e. The van der Waals surface area contributed by atoms with E-state index in [4.69, 9.17) is 4.74 Å². The molecule has 13 heteroatoms. The maximum absolute atomic E-state index is 13.8. The Morgan fingerprint density at radius 2 is 1.50 bits per heavy atom. The number of H-pyrrole nitrogens is 1. The third-order valence-corrected chi connectivity index (χ3v) is 11.1. The fourth-order valence-corrected chi connectivity index (χ4v) is 7.92. The fourth-order valence-electron chi connectivity index (χ4n) is 5.81. The largest absolute Gasteiger partial charge is 0.462 e. The molecule has 0 aliphatic carbocycles. The van der Waals surface area contributed by atoms with E-state index in [0.29, 0.717) is 33.8 Å². The molecule has 56 heavy (non-hydrogen) atoms. The van der Waals surface area contributed by atoms with Crippen molar-refractivity contribution in [2.45, 2.75) is 37.3 Å². The molecule has 11 nitrogen and oxygen atoms in total. The van der Waals surface area contributed by atoms with Gasteiger partial charge in [-0.1, -0.05) is 67.6 Å². The number of para-hydroxylation sites is 2. The van der Waals surface area contributed by atoms with E-state index in [9.17, 15) is 24.0 Å². The molecule has 5 N–H and O–H groups in total. The predicted octanol–water partition coefficient (Wildman–Crippen LogP) is 8.89. The number of ether oxygens (including phenoxy) is 1. The lowest BCUT2D eigenvalue weighted by atomic mass is 10.1. The molecule has 0 saturated carbocycles. The zero-order valence-electron chi connectivity index (χ0n) is 30.8. The summed E-state index contributed by atoms with van der Waals surface area (Å²) in [4.78, 5) is 71.3. The van der Waals surface area contributed by atoms with Crippen LogP contribution in [0.5, 0.6) is 0 Å². The molecule has 1 atom stereocenters. The number of hydrogen-bond acceptors (Lipinski definition) is 8. The number of aromatic nitrogens is 1. The molecule has 6 rings (SSSR count). The predicted molar refractivity (Wildman–Crippen MR) is 223 cm³/mol. The van der Waals surface area contributed by atoms with Crippen molar-refractivity contribution in [3.63, 3.8) is 0 Å². The number of hydrogen-bond donors (Lipinski definition) is 5. The normalized spacial score (nSPS) is 11.7. The highest BCUT2D eigenvalue weighted by Crippen LogP contribution is 2.36. The van der Waals surface area contributed by atoms with Crippen molar-refractivity contribution in [1.82, 2.24) is 10.3 Å². The lowest BCUT2D eigenvalue weighted by Gasteiger charge is -2.16. The Morgan fingerprint density at radius 1 is 0.804 bits per heavy atom. The molecule has 1 unspecified atom stereocenters. The van der Waals surface area contributed by atoms with Crippen molar-refractivity contribution in [2.75, 3.05) is 22.6 Å². The molecule has 0 bridgehead atoms. The molecule has 6 aromatic rings. The van der Waals surface area contributed by atoms with Crippen LogP contribution >= 0.6 is 23.1 Å². The Labute approximate surface area is 331 Å². The standard InChI is InChI=1S/C43H39N5O6S2/c1-4-35(40(51)48-42-36(43(53)54-5-2)26(3)37(56-42)41(52)45-29-17-10-7-11-18-29)55-31-20-14-19-30(24-31)46-39(50)34(47-38(49)27-15-8-6-9-16-27)23-28-25-44-33-22-13-12-21-32(28)33/h6-25,35,44H,4-5H2,1-3H3,(H,45,52)(H,46,50)(H,47,49)(H,48,51)/b34-23-. The summed E-state index contributed by atoms with van der Waals surface area (Å²) in [6.45, 7) is 5.32. The van der Waals surface area contributed by atoms with E-state index in [1.807, 2.05) is 43.3 Å². The highest BCUT2D eigenvalue weighted by Gasteiger charge is 2.29. The van der Waals surface area contributed by atoms with Gasteiger partial charge in [0.05, 0.1) is 22.3 Å². The van der Waals surface area contributed by atoms with Crippen molar-refractivity contribution >= 4 is 86.1 Å². The summed E-state index contributed by atoms with van der Waals surface area (Å²) in [5, 5.41) is 11.9. The van der Waals surface area contributed by atoms with Gasteiger partial charge >= 0.3 is 5.97 Å². The smallest absolute Gasteiger partial charge is 0.341 e. The van der Waals surface area contributed by atoms with Crippen LogP contribution in [0, 0.1) is 6.92 Å². The third kappa shape index (κ3) is 9.43. The van der Waals surface area contributed by atoms with E-state index in [2.05, 4.69) is 26.3 Å². The summed E-state index contributed by atoms with van der Waals surface area (Å²) in [6, 6.07) is 32.2. The Balaban J connectivity index is 1.20. The Morgan fingerprint density at radius 3 is 2.23 bits per heavy atom. The first-order valence-corrected chi connectivity index (χ1v) is 19.5. The monoisotopic (exact) mass is 785 g/mol. The Bertz CT molecular complexity index is 2420. The first-order chi connectivity index (χ1) is 27.1. The topological polar surface area (TPSA) is 158 Å². The number of esters is 1. The number of rotatable bonds is 14. The molecular formula is C43H39N5O6S2. The minimum absolute atomic E-state index is 0.0351. The highest BCUT2D eigenvalue weighted by atomic mass is 32.2. The van der Waals surface area contributed by atoms with Crippen LogP contribution in [0.25, 0.3) is 17.0 Å². The number of aromatic amines is 1. The minimum atomic E-state index is -0.641. The van der Waals surface area contributed by atoms with Gasteiger partial charge in [-0.05, 0) is 80.4 Å². The van der Waals surface area contributed by atoms with Gasteiger partial charge in [-0.3, -0.25) is 19.2 Å². The molecular weight excluding hydrogens is 747 g/mol. The maximum atomic E-state index is 13.8. The van der Waals surface area contributed by atoms with Crippen LogP contribution in [-0.4, -0.2) is 46.4 Å². The van der Waals surface area contributed by atoms with Crippen molar-refractivity contribution in [1.29, 1.82) is 0 Å². The van der Waals surface area contributed by atoms with Crippen LogP contribution in [0.3, 0.4) is 0 Å². The lowest BCUT2D eigenvalue weighted by molar-refractivity contribution is -0.116. The fraction of sp³-hybridized carbons (Fsp3) is 0.140. The SMILES string of the molecule is CCOC(=O)c1c(NC(=O)C(CC)Sc2cccc(NC(=O)/C(=C/c3c[nH]c4ccccc34)NC(=O)c3ccccc3)c2)sc(C(=O)Nc2ccccc2)c1C. The molecule has 2 heterocycles. The first kappa shape index (κ1) is 39.3. The summed E-state index contributed by atoms with van der Waals surface area (Å²) in [7, 11) is 0. The number of benzene rings is 4. The van der Waals surface area contributed by atoms with E-state index >= 15 is 0 Å². The number of fused-ring (bicyclic) bond motifs is 1. The van der Waals surface area contributed by atoms with Crippen LogP contribution in [0.4, 0.5) is 16.4 Å². The van der Waals surface area contributed by atoms with Gasteiger partial charge < -0.3 is 31.0 Å². The molecule has 0 radical (unpaired) electrons. The van der Waals surface area contributed by atoms with Gasteiger partial charge in [0.15, 0.2) is 0 Å². The molecule has 2 aromatic heterocycles. The molecule has 0 saturated heterocycles. The molecule has 0 spiro atoms. The Hall–Kier alpha value is -6.44. The van der Waals surface area contributed by atoms with Crippen molar-refractivity contribution < 1.29 is 28.7 Å². The summed E-state index contributed by atoms with van der Waals surface area (Å²) in [6.07, 6.45) is 3.82. The van der Waals surface area contributed by atoms with Crippen molar-refractivity contribution in [3.05, 3.63) is 148 Å². The van der Waals surface area contributed by atoms with Crippen LogP contribution < -0.4 is 21.3 Å². The van der Waals surface area contributed by atoms with Crippen molar-refractivity contribution in [2.24, 2.45) is 0 Å². The van der Waals surface area contributed by atoms with E-state index in [1.54, 1.807) is 98.9 Å². The number of carbonyl (C=O) groups excluding carboxylic acids is 5. The van der Waals surface area contributed by atoms with Crippen LogP contribution in [-0.2, 0) is 14.3 Å². The number of carbonyl (C=O) groups is 5. The van der Waals surface area contributed by atoms with E-state index < -0.39 is 28.9 Å². The van der Waals surface area contributed by atoms with Gasteiger partial charge in [0, 0.05) is 44.5 Å². The second kappa shape index (κ2) is 18.3. The second-order valence-corrected chi connectivity index (χ2v) is 14.8. The molecule has 0 fully saturated rings. The molecule has 0 aliphatic heterocycles. The number of nitrogens with one attached hydrogen (secondary N) is 5. The van der Waals surface area contributed by atoms with E-state index in [-0.39, 0.29) is 33.7 Å². The van der Waals surface area contributed by atoms with Gasteiger partial charge in [-0.25, -0.2) is 4.79 Å². The van der Waals surface area contributed by atoms with Gasteiger partial charge in [-0.15, -0.1) is 23.1 Å². The molecule has 4 amide bonds. The van der Waals surface area contributed by atoms with E-state index in [1.165, 1.54) is 11.8 Å². The lowest BCUT2D eigenvalue weighted by Crippen LogP contribution is -2.30. The number of anilines is 3. The van der Waals surface area contributed by atoms with Gasteiger partial charge in [0.1, 0.15) is 10.7 Å². The molecule has 0 aliphatic rings. The second-order valence-electron chi connectivity index (χ2n) is 12.5. The van der Waals surface area contributed by atoms with Crippen LogP contribution in [0.2, 0.25) is 0 Å². The summed E-state index contributed by atoms with van der Waals surface area (Å²) in [5.41, 5.74) is 3.60. The number of thioether (sulfide) groups is 1. The number of thiophene rings is 1. The zero-order valence-corrected chi connectivity index (χ0v) is 32.4. The van der Waals surface area contributed by atoms with Crippen LogP contribution in [0.1, 0.15) is 61.8 Å². The average Bonchev–Trinajstić information content (AvgIpc) is 3.77. The molecule has 4 aromatic carbocycles. The van der Waals surface area contributed by atoms with Gasteiger partial charge in [0.25, 0.3) is 17.7 Å². The Kier molecular flexibility index (Phi) is 12.8.